The molecule has 0 spiro atoms. The summed E-state index contributed by atoms with van der Waals surface area (Å²) in [5.41, 5.74) is 3.35. The number of fused-ring (bicyclic) bond motifs is 2. The third kappa shape index (κ3) is 4.28. The van der Waals surface area contributed by atoms with Crippen molar-refractivity contribution in [2.75, 3.05) is 11.8 Å². The molecule has 0 aliphatic carbocycles. The summed E-state index contributed by atoms with van der Waals surface area (Å²) < 4.78 is 32.7. The second-order valence-electron chi connectivity index (χ2n) is 7.38. The van der Waals surface area contributed by atoms with Crippen LogP contribution in [0.2, 0.25) is 0 Å². The lowest BCUT2D eigenvalue weighted by molar-refractivity contribution is 0.392. The zero-order chi connectivity index (χ0) is 23.5. The number of aliphatic imine (C=N–C) groups is 1. The van der Waals surface area contributed by atoms with E-state index in [1.807, 2.05) is 48.5 Å². The molecule has 0 aliphatic rings. The second-order valence-corrected chi connectivity index (χ2v) is 9.06. The Morgan fingerprint density at radius 2 is 1.47 bits per heavy atom. The number of aromatic nitrogens is 3. The molecule has 0 saturated heterocycles. The Kier molecular flexibility index (Phi) is 5.60. The van der Waals surface area contributed by atoms with Crippen molar-refractivity contribution in [2.24, 2.45) is 4.99 Å². The van der Waals surface area contributed by atoms with Crippen LogP contribution in [0.4, 0.5) is 11.5 Å². The van der Waals surface area contributed by atoms with Crippen LogP contribution in [0.15, 0.2) is 94.8 Å². The summed E-state index contributed by atoms with van der Waals surface area (Å²) >= 11 is 0. The number of rotatable bonds is 6. The van der Waals surface area contributed by atoms with E-state index in [-0.39, 0.29) is 10.7 Å². The molecule has 0 amide bonds. The summed E-state index contributed by atoms with van der Waals surface area (Å²) in [4.78, 5) is 9.41. The minimum absolute atomic E-state index is 0.0869. The number of hydrogen-bond donors (Lipinski definition) is 1. The number of methoxy groups -OCH3 is 1. The Balaban J connectivity index is 1.43. The zero-order valence-corrected chi connectivity index (χ0v) is 18.9. The molecule has 2 heterocycles. The van der Waals surface area contributed by atoms with Gasteiger partial charge in [0, 0.05) is 28.6 Å². The molecular weight excluding hydrogens is 450 g/mol. The molecule has 0 radical (unpaired) electrons. The van der Waals surface area contributed by atoms with Crippen LogP contribution in [0.3, 0.4) is 0 Å². The lowest BCUT2D eigenvalue weighted by atomic mass is 10.0. The third-order valence-corrected chi connectivity index (χ3v) is 6.58. The van der Waals surface area contributed by atoms with Gasteiger partial charge in [0.1, 0.15) is 0 Å². The number of nitrogens with zero attached hydrogens (tertiary/aromatic N) is 4. The highest BCUT2D eigenvalue weighted by Crippen LogP contribution is 2.26. The first-order valence-electron chi connectivity index (χ1n) is 10.4. The quantitative estimate of drug-likeness (QED) is 0.284. The Bertz CT molecular complexity index is 1560. The Labute approximate surface area is 196 Å². The lowest BCUT2D eigenvalue weighted by Crippen LogP contribution is -2.14. The number of benzene rings is 3. The van der Waals surface area contributed by atoms with Gasteiger partial charge in [-0.3, -0.25) is 9.71 Å². The molecule has 168 valence electrons. The van der Waals surface area contributed by atoms with Crippen LogP contribution < -0.4 is 9.46 Å². The largest absolute Gasteiger partial charge is 0.480 e. The predicted molar refractivity (Wildman–Crippen MR) is 132 cm³/mol. The van der Waals surface area contributed by atoms with Gasteiger partial charge in [0.15, 0.2) is 5.82 Å². The van der Waals surface area contributed by atoms with Gasteiger partial charge in [0.05, 0.1) is 28.7 Å². The number of hydrogen-bond acceptors (Lipinski definition) is 7. The summed E-state index contributed by atoms with van der Waals surface area (Å²) in [6.07, 6.45) is 1.79. The van der Waals surface area contributed by atoms with Gasteiger partial charge in [0.25, 0.3) is 10.0 Å². The van der Waals surface area contributed by atoms with E-state index in [4.69, 9.17) is 9.72 Å². The van der Waals surface area contributed by atoms with Gasteiger partial charge in [-0.05, 0) is 42.5 Å². The zero-order valence-electron chi connectivity index (χ0n) is 18.1. The molecule has 5 rings (SSSR count). The molecule has 0 aliphatic heterocycles. The first kappa shape index (κ1) is 21.5. The van der Waals surface area contributed by atoms with Gasteiger partial charge in [-0.25, -0.2) is 13.4 Å². The molecule has 1 N–H and O–H groups in total. The van der Waals surface area contributed by atoms with Gasteiger partial charge >= 0.3 is 0 Å². The number of nitrogens with one attached hydrogen (secondary N) is 1. The molecule has 0 fully saturated rings. The topological polar surface area (TPSA) is 106 Å². The lowest BCUT2D eigenvalue weighted by Gasteiger charge is -2.08. The monoisotopic (exact) mass is 469 g/mol. The summed E-state index contributed by atoms with van der Waals surface area (Å²) in [7, 11) is -2.37. The van der Waals surface area contributed by atoms with Crippen molar-refractivity contribution in [3.63, 3.8) is 0 Å². The average Bonchev–Trinajstić information content (AvgIpc) is 2.87. The van der Waals surface area contributed by atoms with Crippen LogP contribution in [0, 0.1) is 0 Å². The molecule has 3 aromatic carbocycles. The number of pyridine rings is 1. The fraction of sp³-hybridized carbons (Fsp3) is 0.0400. The van der Waals surface area contributed by atoms with E-state index in [9.17, 15) is 8.42 Å². The minimum atomic E-state index is -3.83. The standard InChI is InChI=1S/C25H19N5O3S/c1-33-25-15-14-24(28-29-25)30-34(31,32)18-12-10-17(11-13-18)26-16-21-19-6-2-4-8-22(19)27-23-9-5-3-7-20(21)23/h2-16H,1H3,(H,28,30). The summed E-state index contributed by atoms with van der Waals surface area (Å²) in [5, 5.41) is 9.55. The number of para-hydroxylation sites is 2. The SMILES string of the molecule is COc1ccc(NS(=O)(=O)c2ccc(N=Cc3c4ccccc4nc4ccccc34)cc2)nn1. The minimum Gasteiger partial charge on any atom is -0.480 e. The van der Waals surface area contributed by atoms with E-state index in [0.717, 1.165) is 27.4 Å². The fourth-order valence-electron chi connectivity index (χ4n) is 3.54. The highest BCUT2D eigenvalue weighted by molar-refractivity contribution is 7.92. The average molecular weight is 470 g/mol. The van der Waals surface area contributed by atoms with Crippen molar-refractivity contribution >= 4 is 49.5 Å². The number of sulfonamides is 1. The van der Waals surface area contributed by atoms with E-state index < -0.39 is 10.0 Å². The van der Waals surface area contributed by atoms with Crippen LogP contribution in [0.25, 0.3) is 21.8 Å². The summed E-state index contributed by atoms with van der Waals surface area (Å²) in [6, 6.07) is 25.1. The van der Waals surface area contributed by atoms with E-state index >= 15 is 0 Å². The Morgan fingerprint density at radius 3 is 2.06 bits per heavy atom. The maximum absolute atomic E-state index is 12.7. The highest BCUT2D eigenvalue weighted by atomic mass is 32.2. The van der Waals surface area contributed by atoms with Crippen molar-refractivity contribution in [3.8, 4) is 5.88 Å². The van der Waals surface area contributed by atoms with Crippen LogP contribution in [-0.2, 0) is 10.0 Å². The number of anilines is 1. The van der Waals surface area contributed by atoms with Gasteiger partial charge in [0.2, 0.25) is 5.88 Å². The second kappa shape index (κ2) is 8.87. The molecule has 0 bridgehead atoms. The van der Waals surface area contributed by atoms with Gasteiger partial charge in [-0.15, -0.1) is 10.2 Å². The fourth-order valence-corrected chi connectivity index (χ4v) is 4.54. The molecular formula is C25H19N5O3S. The molecule has 5 aromatic rings. The molecule has 9 heteroatoms. The van der Waals surface area contributed by atoms with Crippen molar-refractivity contribution in [3.05, 3.63) is 90.5 Å². The highest BCUT2D eigenvalue weighted by Gasteiger charge is 2.15. The molecule has 0 atom stereocenters. The van der Waals surface area contributed by atoms with Crippen molar-refractivity contribution in [2.45, 2.75) is 4.90 Å². The van der Waals surface area contributed by atoms with Crippen LogP contribution >= 0.6 is 0 Å². The van der Waals surface area contributed by atoms with E-state index in [0.29, 0.717) is 11.6 Å². The summed E-state index contributed by atoms with van der Waals surface area (Å²) in [6.45, 7) is 0. The maximum atomic E-state index is 12.7. The van der Waals surface area contributed by atoms with Gasteiger partial charge in [-0.1, -0.05) is 36.4 Å². The first-order chi connectivity index (χ1) is 16.5. The normalized spacial score (nSPS) is 11.8. The van der Waals surface area contributed by atoms with E-state index in [2.05, 4.69) is 19.9 Å². The van der Waals surface area contributed by atoms with Crippen molar-refractivity contribution in [1.82, 2.24) is 15.2 Å². The van der Waals surface area contributed by atoms with Crippen molar-refractivity contribution < 1.29 is 13.2 Å². The molecule has 0 saturated carbocycles. The third-order valence-electron chi connectivity index (χ3n) is 5.21. The van der Waals surface area contributed by atoms with Crippen LogP contribution in [-0.4, -0.2) is 36.9 Å². The maximum Gasteiger partial charge on any atom is 0.263 e. The van der Waals surface area contributed by atoms with E-state index in [1.165, 1.54) is 31.4 Å². The van der Waals surface area contributed by atoms with Gasteiger partial charge in [-0.2, -0.15) is 0 Å². The molecule has 34 heavy (non-hydrogen) atoms. The Hall–Kier alpha value is -4.37. The van der Waals surface area contributed by atoms with Crippen LogP contribution in [0.1, 0.15) is 5.56 Å². The van der Waals surface area contributed by atoms with Crippen molar-refractivity contribution in [1.29, 1.82) is 0 Å². The molecule has 0 unspecified atom stereocenters. The molecule has 2 aromatic heterocycles. The van der Waals surface area contributed by atoms with E-state index in [1.54, 1.807) is 18.3 Å². The Morgan fingerprint density at radius 1 is 0.824 bits per heavy atom. The summed E-state index contributed by atoms with van der Waals surface area (Å²) in [5.74, 6) is 0.388. The smallest absolute Gasteiger partial charge is 0.263 e. The molecule has 8 nitrogen and oxygen atoms in total. The first-order valence-corrected chi connectivity index (χ1v) is 11.8. The van der Waals surface area contributed by atoms with Gasteiger partial charge < -0.3 is 4.74 Å². The predicted octanol–water partition coefficient (Wildman–Crippen LogP) is 4.74. The van der Waals surface area contributed by atoms with Crippen LogP contribution in [0.5, 0.6) is 5.88 Å². The number of ether oxygens (including phenoxy) is 1.